The molecule has 1 amide bonds. The summed E-state index contributed by atoms with van der Waals surface area (Å²) >= 11 is 6.87. The van der Waals surface area contributed by atoms with Crippen molar-refractivity contribution < 1.29 is 41.8 Å². The quantitative estimate of drug-likeness (QED) is 0.391. The molecular weight excluding hydrogens is 514 g/mol. The number of carbonyl (C=O) groups excluding carboxylic acids is 1. The summed E-state index contributed by atoms with van der Waals surface area (Å²) in [6, 6.07) is 1.12. The number of sulfonamides is 1. The van der Waals surface area contributed by atoms with Gasteiger partial charge in [0.15, 0.2) is 17.3 Å². The molecule has 182 valence electrons. The van der Waals surface area contributed by atoms with Crippen LogP contribution in [0.1, 0.15) is 25.7 Å². The lowest BCUT2D eigenvalue weighted by Gasteiger charge is -2.18. The maximum absolute atomic E-state index is 13.2. The highest BCUT2D eigenvalue weighted by molar-refractivity contribution is 7.89. The molecule has 0 unspecified atom stereocenters. The van der Waals surface area contributed by atoms with E-state index in [1.54, 1.807) is 6.92 Å². The molecule has 0 fully saturated rings. The summed E-state index contributed by atoms with van der Waals surface area (Å²) in [5.74, 6) is -2.61. The number of carbonyl (C=O) groups is 2. The second-order valence-corrected chi connectivity index (χ2v) is 9.35. The Morgan fingerprint density at radius 2 is 1.85 bits per heavy atom. The van der Waals surface area contributed by atoms with Crippen molar-refractivity contribution in [3.05, 3.63) is 32.6 Å². The molecule has 0 radical (unpaired) electrons. The van der Waals surface area contributed by atoms with Gasteiger partial charge in [-0.15, -0.1) is 11.3 Å². The summed E-state index contributed by atoms with van der Waals surface area (Å²) in [6.45, 7) is 1.54. The normalized spacial score (nSPS) is 11.2. The van der Waals surface area contributed by atoms with Gasteiger partial charge in [0.2, 0.25) is 15.8 Å². The van der Waals surface area contributed by atoms with Crippen LogP contribution in [0, 0.1) is 6.92 Å². The zero-order valence-corrected chi connectivity index (χ0v) is 20.5. The number of nitrogens with zero attached hydrogens (tertiary/aromatic N) is 1. The fraction of sp³-hybridized carbons (Fsp3) is 0.211. The van der Waals surface area contributed by atoms with Crippen LogP contribution in [0.5, 0.6) is 17.2 Å². The number of aryl methyl sites for hydroxylation is 1. The Bertz CT molecular complexity index is 1400. The molecule has 15 heteroatoms. The van der Waals surface area contributed by atoms with Gasteiger partial charge in [0.25, 0.3) is 5.91 Å². The zero-order valence-electron chi connectivity index (χ0n) is 18.1. The monoisotopic (exact) mass is 531 g/mol. The van der Waals surface area contributed by atoms with Crippen LogP contribution in [0.15, 0.2) is 20.9 Å². The maximum Gasteiger partial charge on any atom is 0.338 e. The molecule has 3 aromatic rings. The van der Waals surface area contributed by atoms with Crippen molar-refractivity contribution in [3.63, 3.8) is 0 Å². The number of halogens is 1. The van der Waals surface area contributed by atoms with Gasteiger partial charge < -0.3 is 29.2 Å². The first-order valence-corrected chi connectivity index (χ1v) is 11.9. The molecule has 12 nitrogen and oxygen atoms in total. The predicted molar refractivity (Wildman–Crippen MR) is 122 cm³/mol. The van der Waals surface area contributed by atoms with Crippen LogP contribution in [-0.2, 0) is 10.0 Å². The van der Waals surface area contributed by atoms with E-state index in [0.717, 1.165) is 17.4 Å². The number of hydrogen-bond acceptors (Lipinski definition) is 10. The fourth-order valence-electron chi connectivity index (χ4n) is 3.09. The second-order valence-electron chi connectivity index (χ2n) is 6.59. The zero-order chi connectivity index (χ0) is 25.4. The van der Waals surface area contributed by atoms with Crippen LogP contribution < -0.4 is 24.7 Å². The van der Waals surface area contributed by atoms with Gasteiger partial charge >= 0.3 is 5.97 Å². The number of primary sulfonamides is 1. The molecular formula is C19H18ClN3O9S2. The van der Waals surface area contributed by atoms with Gasteiger partial charge in [-0.25, -0.2) is 18.4 Å². The Hall–Kier alpha value is -3.33. The smallest absolute Gasteiger partial charge is 0.338 e. The van der Waals surface area contributed by atoms with Crippen molar-refractivity contribution in [1.29, 1.82) is 0 Å². The standard InChI is InChI=1S/C19H18ClN3O9S2/c1-7-11(20)13(32-23-7)9-6-33-16(17(9)34(21,27)28)18(24)22-12-8(19(25)26)5-10(29-2)14(30-3)15(12)31-4/h5-6H,1-4H3,(H,22,24)(H,25,26)(H2,21,27,28). The van der Waals surface area contributed by atoms with Crippen LogP contribution in [0.25, 0.3) is 11.3 Å². The maximum atomic E-state index is 13.2. The van der Waals surface area contributed by atoms with Gasteiger partial charge in [0, 0.05) is 11.4 Å². The number of ether oxygens (including phenoxy) is 3. The first-order valence-electron chi connectivity index (χ1n) is 9.10. The van der Waals surface area contributed by atoms with Crippen molar-refractivity contribution in [3.8, 4) is 28.6 Å². The lowest BCUT2D eigenvalue weighted by molar-refractivity contribution is 0.0697. The third-order valence-corrected chi connectivity index (χ3v) is 7.12. The van der Waals surface area contributed by atoms with Gasteiger partial charge in [-0.2, -0.15) is 0 Å². The van der Waals surface area contributed by atoms with Gasteiger partial charge in [0.1, 0.15) is 20.5 Å². The highest BCUT2D eigenvalue weighted by Crippen LogP contribution is 2.46. The first kappa shape index (κ1) is 25.3. The number of carboxylic acid groups (broad SMARTS) is 1. The number of carboxylic acids is 1. The summed E-state index contributed by atoms with van der Waals surface area (Å²) in [4.78, 5) is 24.2. The lowest BCUT2D eigenvalue weighted by atomic mass is 10.1. The summed E-state index contributed by atoms with van der Waals surface area (Å²) in [5, 5.41) is 22.5. The first-order chi connectivity index (χ1) is 16.0. The van der Waals surface area contributed by atoms with Crippen molar-refractivity contribution in [2.24, 2.45) is 5.14 Å². The topological polar surface area (TPSA) is 180 Å². The van der Waals surface area contributed by atoms with Crippen molar-refractivity contribution >= 4 is 50.5 Å². The minimum Gasteiger partial charge on any atom is -0.493 e. The molecule has 0 spiro atoms. The van der Waals surface area contributed by atoms with E-state index in [1.807, 2.05) is 0 Å². The summed E-state index contributed by atoms with van der Waals surface area (Å²) in [6.07, 6.45) is 0. The van der Waals surface area contributed by atoms with Gasteiger partial charge in [-0.1, -0.05) is 16.8 Å². The van der Waals surface area contributed by atoms with Crippen molar-refractivity contribution in [2.75, 3.05) is 26.6 Å². The van der Waals surface area contributed by atoms with Gasteiger partial charge in [-0.05, 0) is 6.92 Å². The van der Waals surface area contributed by atoms with Gasteiger partial charge in [-0.3, -0.25) is 4.79 Å². The van der Waals surface area contributed by atoms with E-state index in [-0.39, 0.29) is 44.2 Å². The van der Waals surface area contributed by atoms with Crippen LogP contribution in [0.2, 0.25) is 5.02 Å². The second kappa shape index (κ2) is 9.50. The number of amides is 1. The lowest BCUT2D eigenvalue weighted by Crippen LogP contribution is -2.20. The Morgan fingerprint density at radius 1 is 1.21 bits per heavy atom. The molecule has 0 saturated heterocycles. The van der Waals surface area contributed by atoms with E-state index in [0.29, 0.717) is 5.69 Å². The van der Waals surface area contributed by atoms with Crippen molar-refractivity contribution in [2.45, 2.75) is 11.8 Å². The van der Waals surface area contributed by atoms with E-state index >= 15 is 0 Å². The summed E-state index contributed by atoms with van der Waals surface area (Å²) in [5.41, 5.74) is -0.455. The van der Waals surface area contributed by atoms with E-state index in [9.17, 15) is 23.1 Å². The van der Waals surface area contributed by atoms with Crippen LogP contribution in [0.3, 0.4) is 0 Å². The Balaban J connectivity index is 2.20. The Morgan fingerprint density at radius 3 is 2.32 bits per heavy atom. The number of benzene rings is 1. The Labute approximate surface area is 202 Å². The van der Waals surface area contributed by atoms with Crippen LogP contribution >= 0.6 is 22.9 Å². The number of anilines is 1. The van der Waals surface area contributed by atoms with E-state index in [2.05, 4.69) is 10.5 Å². The largest absolute Gasteiger partial charge is 0.493 e. The number of hydrogen-bond donors (Lipinski definition) is 3. The number of rotatable bonds is 8. The molecule has 34 heavy (non-hydrogen) atoms. The minimum atomic E-state index is -4.47. The molecule has 0 aliphatic rings. The molecule has 4 N–H and O–H groups in total. The summed E-state index contributed by atoms with van der Waals surface area (Å²) in [7, 11) is -0.654. The molecule has 3 rings (SSSR count). The fourth-order valence-corrected chi connectivity index (χ4v) is 5.47. The SMILES string of the molecule is COc1cc(C(=O)O)c(NC(=O)c2scc(-c3onc(C)c3Cl)c2S(N)(=O)=O)c(OC)c1OC. The number of aromatic nitrogens is 1. The van der Waals surface area contributed by atoms with Crippen LogP contribution in [0.4, 0.5) is 5.69 Å². The third kappa shape index (κ3) is 4.40. The van der Waals surface area contributed by atoms with E-state index < -0.39 is 32.4 Å². The highest BCUT2D eigenvalue weighted by atomic mass is 35.5. The van der Waals surface area contributed by atoms with Crippen LogP contribution in [-0.4, -0.2) is 51.9 Å². The molecule has 0 saturated carbocycles. The third-order valence-electron chi connectivity index (χ3n) is 4.57. The number of nitrogens with one attached hydrogen (secondary N) is 1. The van der Waals surface area contributed by atoms with E-state index in [1.165, 1.54) is 26.7 Å². The number of aromatic carboxylic acids is 1. The molecule has 0 atom stereocenters. The molecule has 2 heterocycles. The molecule has 0 bridgehead atoms. The molecule has 0 aliphatic carbocycles. The number of methoxy groups -OCH3 is 3. The molecule has 1 aromatic carbocycles. The molecule has 0 aliphatic heterocycles. The van der Waals surface area contributed by atoms with Gasteiger partial charge in [0.05, 0.1) is 38.2 Å². The van der Waals surface area contributed by atoms with Crippen molar-refractivity contribution in [1.82, 2.24) is 5.16 Å². The predicted octanol–water partition coefficient (Wildman–Crippen LogP) is 2.99. The Kier molecular flexibility index (Phi) is 7.07. The average Bonchev–Trinajstić information content (AvgIpc) is 3.36. The highest BCUT2D eigenvalue weighted by Gasteiger charge is 2.32. The number of nitrogens with two attached hydrogens (primary N) is 1. The number of thiophene rings is 1. The minimum absolute atomic E-state index is 0.00718. The molecule has 2 aromatic heterocycles. The average molecular weight is 532 g/mol. The summed E-state index contributed by atoms with van der Waals surface area (Å²) < 4.78 is 45.6. The van der Waals surface area contributed by atoms with E-state index in [4.69, 9.17) is 35.5 Å².